The lowest BCUT2D eigenvalue weighted by Crippen LogP contribution is -2.10. The molecule has 1 aliphatic rings. The second-order valence-electron chi connectivity index (χ2n) is 4.88. The van der Waals surface area contributed by atoms with Crippen LogP contribution in [0.25, 0.3) is 0 Å². The molecule has 21 heavy (non-hydrogen) atoms. The van der Waals surface area contributed by atoms with Crippen LogP contribution in [0.2, 0.25) is 0 Å². The third-order valence-electron chi connectivity index (χ3n) is 3.54. The van der Waals surface area contributed by atoms with Gasteiger partial charge < -0.3 is 15.3 Å². The van der Waals surface area contributed by atoms with Gasteiger partial charge in [0.25, 0.3) is 0 Å². The molecular formula is C16H15BrN2O2. The predicted molar refractivity (Wildman–Crippen MR) is 85.8 cm³/mol. The van der Waals surface area contributed by atoms with Gasteiger partial charge in [0.15, 0.2) is 0 Å². The number of rotatable bonds is 3. The molecule has 0 unspecified atom stereocenters. The van der Waals surface area contributed by atoms with Gasteiger partial charge in [-0.3, -0.25) is 0 Å². The topological polar surface area (TPSA) is 53.8 Å². The molecule has 0 radical (unpaired) electrons. The van der Waals surface area contributed by atoms with Crippen molar-refractivity contribution in [1.82, 2.24) is 5.43 Å². The number of methoxy groups -OCH3 is 1. The molecule has 5 heteroatoms. The van der Waals surface area contributed by atoms with E-state index in [9.17, 15) is 5.11 Å². The third kappa shape index (κ3) is 2.88. The Kier molecular flexibility index (Phi) is 3.84. The molecule has 0 saturated heterocycles. The average Bonchev–Trinajstić information content (AvgIpc) is 2.99. The van der Waals surface area contributed by atoms with Gasteiger partial charge in [0.1, 0.15) is 11.5 Å². The number of hydrogen-bond donors (Lipinski definition) is 2. The van der Waals surface area contributed by atoms with Crippen LogP contribution in [0.3, 0.4) is 0 Å². The van der Waals surface area contributed by atoms with Crippen LogP contribution >= 0.6 is 15.9 Å². The Labute approximate surface area is 131 Å². The Hall–Kier alpha value is -2.01. The first-order chi connectivity index (χ1) is 10.2. The zero-order valence-corrected chi connectivity index (χ0v) is 13.1. The predicted octanol–water partition coefficient (Wildman–Crippen LogP) is 3.60. The fourth-order valence-corrected chi connectivity index (χ4v) is 2.77. The molecule has 2 aromatic carbocycles. The van der Waals surface area contributed by atoms with Gasteiger partial charge >= 0.3 is 0 Å². The molecule has 3 rings (SSSR count). The lowest BCUT2D eigenvalue weighted by Gasteiger charge is -2.12. The molecule has 1 atom stereocenters. The molecule has 2 aromatic rings. The van der Waals surface area contributed by atoms with E-state index in [4.69, 9.17) is 4.74 Å². The quantitative estimate of drug-likeness (QED) is 0.892. The number of nitrogens with zero attached hydrogens (tertiary/aromatic N) is 1. The molecule has 0 fully saturated rings. The SMILES string of the molecule is COc1ccc(C2=NN[C@H](c3cc(Br)ccc3O)C2)cc1. The van der Waals surface area contributed by atoms with Crippen molar-refractivity contribution in [2.24, 2.45) is 5.10 Å². The van der Waals surface area contributed by atoms with E-state index in [-0.39, 0.29) is 11.8 Å². The van der Waals surface area contributed by atoms with Crippen molar-refractivity contribution >= 4 is 21.6 Å². The number of hydrazone groups is 1. The van der Waals surface area contributed by atoms with Crippen molar-refractivity contribution in [2.45, 2.75) is 12.5 Å². The van der Waals surface area contributed by atoms with Gasteiger partial charge in [0.2, 0.25) is 0 Å². The summed E-state index contributed by atoms with van der Waals surface area (Å²) in [6.45, 7) is 0. The van der Waals surface area contributed by atoms with Gasteiger partial charge in [-0.2, -0.15) is 5.10 Å². The van der Waals surface area contributed by atoms with E-state index in [1.165, 1.54) is 0 Å². The molecule has 108 valence electrons. The van der Waals surface area contributed by atoms with E-state index in [1.54, 1.807) is 13.2 Å². The summed E-state index contributed by atoms with van der Waals surface area (Å²) in [6, 6.07) is 13.2. The van der Waals surface area contributed by atoms with Gasteiger partial charge in [-0.05, 0) is 48.0 Å². The normalized spacial score (nSPS) is 17.2. The van der Waals surface area contributed by atoms with E-state index >= 15 is 0 Å². The van der Waals surface area contributed by atoms with E-state index < -0.39 is 0 Å². The maximum Gasteiger partial charge on any atom is 0.120 e. The zero-order valence-electron chi connectivity index (χ0n) is 11.5. The highest BCUT2D eigenvalue weighted by Crippen LogP contribution is 2.32. The number of phenols is 1. The molecule has 1 aliphatic heterocycles. The fourth-order valence-electron chi connectivity index (χ4n) is 2.39. The lowest BCUT2D eigenvalue weighted by atomic mass is 9.98. The van der Waals surface area contributed by atoms with Crippen LogP contribution in [-0.2, 0) is 0 Å². The maximum atomic E-state index is 9.99. The van der Waals surface area contributed by atoms with Gasteiger partial charge in [0, 0.05) is 16.5 Å². The number of nitrogens with one attached hydrogen (secondary N) is 1. The number of halogens is 1. The molecule has 0 bridgehead atoms. The summed E-state index contributed by atoms with van der Waals surface area (Å²) in [7, 11) is 1.65. The van der Waals surface area contributed by atoms with Crippen LogP contribution in [-0.4, -0.2) is 17.9 Å². The van der Waals surface area contributed by atoms with Crippen molar-refractivity contribution in [2.75, 3.05) is 7.11 Å². The smallest absolute Gasteiger partial charge is 0.120 e. The Morgan fingerprint density at radius 3 is 2.71 bits per heavy atom. The van der Waals surface area contributed by atoms with Crippen molar-refractivity contribution in [1.29, 1.82) is 0 Å². The molecular weight excluding hydrogens is 332 g/mol. The monoisotopic (exact) mass is 346 g/mol. The number of ether oxygens (including phenoxy) is 1. The van der Waals surface area contributed by atoms with Gasteiger partial charge in [0.05, 0.1) is 18.9 Å². The average molecular weight is 347 g/mol. The fraction of sp³-hybridized carbons (Fsp3) is 0.188. The number of phenolic OH excluding ortho intramolecular Hbond substituents is 1. The Morgan fingerprint density at radius 2 is 2.00 bits per heavy atom. The van der Waals surface area contributed by atoms with Crippen molar-refractivity contribution in [3.05, 3.63) is 58.1 Å². The van der Waals surface area contributed by atoms with E-state index in [1.807, 2.05) is 36.4 Å². The zero-order chi connectivity index (χ0) is 14.8. The standard InChI is InChI=1S/C16H15BrN2O2/c1-21-12-5-2-10(3-6-12)14-9-15(19-18-14)13-8-11(17)4-7-16(13)20/h2-8,15,19-20H,9H2,1H3/t15-/m0/s1. The first-order valence-electron chi connectivity index (χ1n) is 6.62. The van der Waals surface area contributed by atoms with Crippen LogP contribution in [0.5, 0.6) is 11.5 Å². The Balaban J connectivity index is 1.79. The van der Waals surface area contributed by atoms with Gasteiger partial charge in [-0.25, -0.2) is 0 Å². The minimum absolute atomic E-state index is 0.0143. The summed E-state index contributed by atoms with van der Waals surface area (Å²) in [5.74, 6) is 1.10. The molecule has 0 aliphatic carbocycles. The number of aromatic hydroxyl groups is 1. The third-order valence-corrected chi connectivity index (χ3v) is 4.03. The lowest BCUT2D eigenvalue weighted by molar-refractivity contribution is 0.415. The van der Waals surface area contributed by atoms with E-state index in [0.717, 1.165) is 33.5 Å². The Bertz CT molecular complexity index is 683. The minimum atomic E-state index is -0.0143. The first-order valence-corrected chi connectivity index (χ1v) is 7.41. The van der Waals surface area contributed by atoms with E-state index in [0.29, 0.717) is 0 Å². The molecule has 0 aromatic heterocycles. The van der Waals surface area contributed by atoms with Crippen LogP contribution in [0.15, 0.2) is 52.0 Å². The number of hydrogen-bond acceptors (Lipinski definition) is 4. The van der Waals surface area contributed by atoms with Crippen molar-refractivity contribution in [3.8, 4) is 11.5 Å². The Morgan fingerprint density at radius 1 is 1.24 bits per heavy atom. The van der Waals surface area contributed by atoms with Crippen LogP contribution in [0.4, 0.5) is 0 Å². The van der Waals surface area contributed by atoms with Gasteiger partial charge in [-0.1, -0.05) is 15.9 Å². The summed E-state index contributed by atoms with van der Waals surface area (Å²) >= 11 is 3.43. The summed E-state index contributed by atoms with van der Waals surface area (Å²) in [4.78, 5) is 0. The highest BCUT2D eigenvalue weighted by atomic mass is 79.9. The van der Waals surface area contributed by atoms with Crippen molar-refractivity contribution < 1.29 is 9.84 Å². The highest BCUT2D eigenvalue weighted by Gasteiger charge is 2.23. The second kappa shape index (κ2) is 5.77. The van der Waals surface area contributed by atoms with Crippen LogP contribution < -0.4 is 10.2 Å². The number of benzene rings is 2. The molecule has 0 amide bonds. The highest BCUT2D eigenvalue weighted by molar-refractivity contribution is 9.10. The van der Waals surface area contributed by atoms with Gasteiger partial charge in [-0.15, -0.1) is 0 Å². The largest absolute Gasteiger partial charge is 0.508 e. The first kappa shape index (κ1) is 13.9. The summed E-state index contributed by atoms with van der Waals surface area (Å²) in [6.07, 6.45) is 0.732. The maximum absolute atomic E-state index is 9.99. The van der Waals surface area contributed by atoms with Crippen LogP contribution in [0, 0.1) is 0 Å². The van der Waals surface area contributed by atoms with E-state index in [2.05, 4.69) is 26.5 Å². The molecule has 2 N–H and O–H groups in total. The minimum Gasteiger partial charge on any atom is -0.508 e. The molecule has 1 heterocycles. The summed E-state index contributed by atoms with van der Waals surface area (Å²) in [5, 5.41) is 14.4. The summed E-state index contributed by atoms with van der Waals surface area (Å²) < 4.78 is 6.10. The van der Waals surface area contributed by atoms with Crippen LogP contribution in [0.1, 0.15) is 23.6 Å². The summed E-state index contributed by atoms with van der Waals surface area (Å²) in [5.41, 5.74) is 5.97. The molecule has 4 nitrogen and oxygen atoms in total. The molecule has 0 saturated carbocycles. The van der Waals surface area contributed by atoms with Crippen molar-refractivity contribution in [3.63, 3.8) is 0 Å². The second-order valence-corrected chi connectivity index (χ2v) is 5.79. The molecule has 0 spiro atoms.